The number of halogens is 2. The van der Waals surface area contributed by atoms with E-state index in [1.165, 1.54) is 30.5 Å². The number of non-ortho nitro benzene ring substituents is 1. The van der Waals surface area contributed by atoms with E-state index in [4.69, 9.17) is 37.4 Å². The minimum atomic E-state index is -0.785. The van der Waals surface area contributed by atoms with Gasteiger partial charge in [-0.1, -0.05) is 35.3 Å². The minimum absolute atomic E-state index is 0.0209. The summed E-state index contributed by atoms with van der Waals surface area (Å²) in [6.07, 6.45) is 1.18. The highest BCUT2D eigenvalue weighted by Crippen LogP contribution is 2.33. The maximum Gasteiger partial charge on any atom is 0.340 e. The van der Waals surface area contributed by atoms with Gasteiger partial charge in [0.2, 0.25) is 0 Å². The molecule has 32 heavy (non-hydrogen) atoms. The highest BCUT2D eigenvalue weighted by Gasteiger charge is 2.23. The first-order chi connectivity index (χ1) is 15.4. The normalized spacial score (nSPS) is 12.6. The van der Waals surface area contributed by atoms with E-state index < -0.39 is 16.5 Å². The lowest BCUT2D eigenvalue weighted by Gasteiger charge is -2.20. The number of carbonyl (C=O) groups is 1. The summed E-state index contributed by atoms with van der Waals surface area (Å²) in [5.41, 5.74) is 0.0591. The van der Waals surface area contributed by atoms with Gasteiger partial charge in [0.1, 0.15) is 17.4 Å². The predicted molar refractivity (Wildman–Crippen MR) is 112 cm³/mol. The number of para-hydroxylation sites is 1. The maximum absolute atomic E-state index is 12.8. The topological polar surface area (TPSA) is 123 Å². The summed E-state index contributed by atoms with van der Waals surface area (Å²) in [4.78, 5) is 36.0. The van der Waals surface area contributed by atoms with Crippen LogP contribution in [0.1, 0.15) is 21.5 Å². The highest BCUT2D eigenvalue weighted by molar-refractivity contribution is 6.41. The standard InChI is InChI=1S/C20H13Cl2N3O7/c21-15-7-23-24(19(26)17(15)22)16-4-2-1-3-14(16)20(27)31-9-12-6-13(25(28)29)5-11-8-30-10-32-18(11)12/h1-7H,8-10H2. The number of esters is 1. The van der Waals surface area contributed by atoms with Crippen LogP contribution in [-0.2, 0) is 22.7 Å². The number of nitro groups is 1. The summed E-state index contributed by atoms with van der Waals surface area (Å²) in [5.74, 6) is -0.419. The number of rotatable bonds is 5. The number of nitro benzene ring substituents is 1. The molecule has 0 amide bonds. The highest BCUT2D eigenvalue weighted by atomic mass is 35.5. The van der Waals surface area contributed by atoms with Gasteiger partial charge in [0.05, 0.1) is 34.0 Å². The van der Waals surface area contributed by atoms with Crippen LogP contribution < -0.4 is 10.3 Å². The van der Waals surface area contributed by atoms with Gasteiger partial charge in [0.15, 0.2) is 6.79 Å². The smallest absolute Gasteiger partial charge is 0.340 e. The first-order valence-electron chi connectivity index (χ1n) is 9.07. The number of hydrogen-bond donors (Lipinski definition) is 0. The second-order valence-corrected chi connectivity index (χ2v) is 7.36. The zero-order valence-corrected chi connectivity index (χ0v) is 17.6. The molecule has 4 rings (SSSR count). The van der Waals surface area contributed by atoms with Crippen molar-refractivity contribution in [3.05, 3.63) is 89.8 Å². The molecular formula is C20H13Cl2N3O7. The summed E-state index contributed by atoms with van der Waals surface area (Å²) in [6, 6.07) is 8.74. The number of benzene rings is 2. The van der Waals surface area contributed by atoms with Gasteiger partial charge < -0.3 is 14.2 Å². The Hall–Kier alpha value is -3.47. The summed E-state index contributed by atoms with van der Waals surface area (Å²) in [5, 5.41) is 14.9. The Bertz CT molecular complexity index is 1290. The van der Waals surface area contributed by atoms with Crippen LogP contribution in [0.3, 0.4) is 0 Å². The van der Waals surface area contributed by atoms with Crippen LogP contribution in [0, 0.1) is 10.1 Å². The van der Waals surface area contributed by atoms with Gasteiger partial charge in [-0.3, -0.25) is 14.9 Å². The summed E-state index contributed by atoms with van der Waals surface area (Å²) in [6.45, 7) is -0.200. The van der Waals surface area contributed by atoms with Crippen LogP contribution in [0.25, 0.3) is 5.69 Å². The fourth-order valence-electron chi connectivity index (χ4n) is 3.13. The van der Waals surface area contributed by atoms with Crippen LogP contribution in [0.2, 0.25) is 10.0 Å². The first kappa shape index (κ1) is 21.8. The Morgan fingerprint density at radius 2 is 2.06 bits per heavy atom. The van der Waals surface area contributed by atoms with Crippen molar-refractivity contribution in [1.82, 2.24) is 9.78 Å². The zero-order valence-electron chi connectivity index (χ0n) is 16.1. The van der Waals surface area contributed by atoms with Crippen LogP contribution in [0.15, 0.2) is 47.4 Å². The molecule has 10 nitrogen and oxygen atoms in total. The lowest BCUT2D eigenvalue weighted by atomic mass is 10.1. The molecule has 1 aromatic heterocycles. The van der Waals surface area contributed by atoms with E-state index in [-0.39, 0.29) is 47.0 Å². The first-order valence-corrected chi connectivity index (χ1v) is 9.83. The lowest BCUT2D eigenvalue weighted by molar-refractivity contribution is -0.385. The van der Waals surface area contributed by atoms with E-state index in [2.05, 4.69) is 5.10 Å². The van der Waals surface area contributed by atoms with Gasteiger partial charge in [-0.2, -0.15) is 9.78 Å². The summed E-state index contributed by atoms with van der Waals surface area (Å²) < 4.78 is 16.9. The van der Waals surface area contributed by atoms with Gasteiger partial charge in [0.25, 0.3) is 11.2 Å². The SMILES string of the molecule is O=C(OCc1cc([N+](=O)[O-])cc2c1OCOC2)c1ccccc1-n1ncc(Cl)c(Cl)c1=O. The van der Waals surface area contributed by atoms with Gasteiger partial charge >= 0.3 is 5.97 Å². The average molecular weight is 478 g/mol. The van der Waals surface area contributed by atoms with Crippen molar-refractivity contribution in [2.24, 2.45) is 0 Å². The van der Waals surface area contributed by atoms with Crippen LogP contribution in [0.4, 0.5) is 5.69 Å². The molecule has 2 heterocycles. The molecule has 0 atom stereocenters. The van der Waals surface area contributed by atoms with Crippen molar-refractivity contribution in [2.45, 2.75) is 13.2 Å². The fraction of sp³-hybridized carbons (Fsp3) is 0.150. The average Bonchev–Trinajstić information content (AvgIpc) is 2.80. The number of ether oxygens (including phenoxy) is 3. The third-order valence-corrected chi connectivity index (χ3v) is 5.32. The van der Waals surface area contributed by atoms with E-state index in [0.29, 0.717) is 16.9 Å². The molecule has 0 saturated heterocycles. The summed E-state index contributed by atoms with van der Waals surface area (Å²) in [7, 11) is 0. The Morgan fingerprint density at radius 3 is 2.84 bits per heavy atom. The van der Waals surface area contributed by atoms with E-state index >= 15 is 0 Å². The van der Waals surface area contributed by atoms with Crippen LogP contribution in [-0.4, -0.2) is 27.5 Å². The zero-order chi connectivity index (χ0) is 22.8. The second kappa shape index (κ2) is 8.95. The van der Waals surface area contributed by atoms with Crippen molar-refractivity contribution in [1.29, 1.82) is 0 Å². The monoisotopic (exact) mass is 477 g/mol. The van der Waals surface area contributed by atoms with Gasteiger partial charge in [-0.25, -0.2) is 4.79 Å². The molecule has 1 aliphatic rings. The molecule has 2 aromatic carbocycles. The van der Waals surface area contributed by atoms with Crippen LogP contribution in [0.5, 0.6) is 5.75 Å². The summed E-state index contributed by atoms with van der Waals surface area (Å²) >= 11 is 11.7. The van der Waals surface area contributed by atoms with Gasteiger partial charge in [-0.05, 0) is 12.1 Å². The van der Waals surface area contributed by atoms with Crippen molar-refractivity contribution in [3.8, 4) is 11.4 Å². The molecule has 0 saturated carbocycles. The number of fused-ring (bicyclic) bond motifs is 1. The predicted octanol–water partition coefficient (Wildman–Crippen LogP) is 3.67. The molecule has 0 N–H and O–H groups in total. The Morgan fingerprint density at radius 1 is 1.28 bits per heavy atom. The number of hydrogen-bond acceptors (Lipinski definition) is 8. The van der Waals surface area contributed by atoms with Gasteiger partial charge in [0, 0.05) is 23.3 Å². The number of nitrogens with zero attached hydrogens (tertiary/aromatic N) is 3. The molecule has 0 spiro atoms. The van der Waals surface area contributed by atoms with E-state index in [0.717, 1.165) is 4.68 Å². The second-order valence-electron chi connectivity index (χ2n) is 6.58. The van der Waals surface area contributed by atoms with Crippen molar-refractivity contribution < 1.29 is 23.9 Å². The molecule has 0 aliphatic carbocycles. The van der Waals surface area contributed by atoms with E-state index in [1.54, 1.807) is 12.1 Å². The number of aromatic nitrogens is 2. The largest absolute Gasteiger partial charge is 0.467 e. The Balaban J connectivity index is 1.65. The molecule has 1 aliphatic heterocycles. The number of carbonyl (C=O) groups excluding carboxylic acids is 1. The molecule has 3 aromatic rings. The molecular weight excluding hydrogens is 465 g/mol. The molecule has 0 fully saturated rings. The molecule has 0 radical (unpaired) electrons. The fourth-order valence-corrected chi connectivity index (χ4v) is 3.38. The minimum Gasteiger partial charge on any atom is -0.467 e. The lowest BCUT2D eigenvalue weighted by Crippen LogP contribution is -2.24. The quantitative estimate of drug-likeness (QED) is 0.309. The van der Waals surface area contributed by atoms with Crippen molar-refractivity contribution >= 4 is 34.9 Å². The van der Waals surface area contributed by atoms with Crippen LogP contribution >= 0.6 is 23.2 Å². The third-order valence-electron chi connectivity index (χ3n) is 4.57. The van der Waals surface area contributed by atoms with Crippen molar-refractivity contribution in [2.75, 3.05) is 6.79 Å². The Kier molecular flexibility index (Phi) is 6.08. The Labute approximate surface area is 190 Å². The van der Waals surface area contributed by atoms with E-state index in [1.807, 2.05) is 0 Å². The molecule has 164 valence electrons. The van der Waals surface area contributed by atoms with E-state index in [9.17, 15) is 19.7 Å². The van der Waals surface area contributed by atoms with Crippen molar-refractivity contribution in [3.63, 3.8) is 0 Å². The molecule has 0 bridgehead atoms. The van der Waals surface area contributed by atoms with Gasteiger partial charge in [-0.15, -0.1) is 0 Å². The molecule has 0 unspecified atom stereocenters. The molecule has 12 heteroatoms. The maximum atomic E-state index is 12.8. The third kappa shape index (κ3) is 4.15.